The number of nitrogens with two attached hydrogens (primary N) is 1. The van der Waals surface area contributed by atoms with E-state index in [-0.39, 0.29) is 11.9 Å². The second-order valence-electron chi connectivity index (χ2n) is 6.62. The molecule has 1 heterocycles. The fraction of sp³-hybridized carbons (Fsp3) is 0.381. The highest BCUT2D eigenvalue weighted by Gasteiger charge is 2.22. The molecule has 0 amide bonds. The first-order valence-electron chi connectivity index (χ1n) is 9.39. The van der Waals surface area contributed by atoms with E-state index in [1.54, 1.807) is 12.1 Å². The summed E-state index contributed by atoms with van der Waals surface area (Å²) in [5, 5.41) is 3.12. The van der Waals surface area contributed by atoms with Gasteiger partial charge < -0.3 is 15.8 Å². The minimum absolute atomic E-state index is 0.0348. The average molecular weight is 370 g/mol. The zero-order chi connectivity index (χ0) is 19.1. The number of nitrogens with one attached hydrogen (secondary N) is 1. The van der Waals surface area contributed by atoms with Gasteiger partial charge in [-0.15, -0.1) is 0 Å². The van der Waals surface area contributed by atoms with Crippen molar-refractivity contribution in [2.45, 2.75) is 19.4 Å². The van der Waals surface area contributed by atoms with E-state index in [1.807, 2.05) is 18.2 Å². The van der Waals surface area contributed by atoms with Gasteiger partial charge in [0, 0.05) is 18.8 Å². The summed E-state index contributed by atoms with van der Waals surface area (Å²) in [7, 11) is 0. The maximum absolute atomic E-state index is 13.7. The number of hydrogen-bond donors (Lipinski definition) is 2. The number of ether oxygens (including phenoxy) is 1. The summed E-state index contributed by atoms with van der Waals surface area (Å²) in [4.78, 5) is 6.79. The van der Waals surface area contributed by atoms with Crippen LogP contribution in [0.15, 0.2) is 53.5 Å². The highest BCUT2D eigenvalue weighted by atomic mass is 19.1. The molecule has 144 valence electrons. The van der Waals surface area contributed by atoms with Crippen LogP contribution in [0.3, 0.4) is 0 Å². The van der Waals surface area contributed by atoms with Crippen LogP contribution >= 0.6 is 0 Å². The summed E-state index contributed by atoms with van der Waals surface area (Å²) in [6, 6.07) is 14.8. The van der Waals surface area contributed by atoms with Crippen LogP contribution in [0.2, 0.25) is 0 Å². The Morgan fingerprint density at radius 1 is 1.22 bits per heavy atom. The van der Waals surface area contributed by atoms with E-state index < -0.39 is 0 Å². The number of benzene rings is 2. The number of rotatable bonds is 6. The third kappa shape index (κ3) is 5.52. The number of morpholine rings is 1. The van der Waals surface area contributed by atoms with Crippen LogP contribution in [-0.2, 0) is 11.2 Å². The molecule has 0 saturated carbocycles. The van der Waals surface area contributed by atoms with Crippen molar-refractivity contribution in [2.75, 3.05) is 38.2 Å². The number of nitrogens with zero attached hydrogens (tertiary/aromatic N) is 2. The van der Waals surface area contributed by atoms with Gasteiger partial charge in [0.15, 0.2) is 5.96 Å². The van der Waals surface area contributed by atoms with Gasteiger partial charge >= 0.3 is 0 Å². The maximum Gasteiger partial charge on any atom is 0.193 e. The Bertz CT molecular complexity index is 757. The Balaban J connectivity index is 1.71. The zero-order valence-corrected chi connectivity index (χ0v) is 15.7. The summed E-state index contributed by atoms with van der Waals surface area (Å²) >= 11 is 0. The molecule has 2 aromatic carbocycles. The van der Waals surface area contributed by atoms with Crippen LogP contribution in [0.5, 0.6) is 0 Å². The Morgan fingerprint density at radius 3 is 2.63 bits per heavy atom. The molecular weight excluding hydrogens is 343 g/mol. The summed E-state index contributed by atoms with van der Waals surface area (Å²) in [6.45, 7) is 5.51. The predicted molar refractivity (Wildman–Crippen MR) is 107 cm³/mol. The molecule has 0 bridgehead atoms. The van der Waals surface area contributed by atoms with Gasteiger partial charge in [0.2, 0.25) is 0 Å². The zero-order valence-electron chi connectivity index (χ0n) is 15.7. The van der Waals surface area contributed by atoms with E-state index in [4.69, 9.17) is 10.5 Å². The summed E-state index contributed by atoms with van der Waals surface area (Å²) in [5.41, 5.74) is 9.16. The second-order valence-corrected chi connectivity index (χ2v) is 6.62. The van der Waals surface area contributed by atoms with Crippen molar-refractivity contribution in [3.05, 3.63) is 65.5 Å². The first kappa shape index (κ1) is 19.3. The largest absolute Gasteiger partial charge is 0.379 e. The van der Waals surface area contributed by atoms with E-state index in [2.05, 4.69) is 34.3 Å². The smallest absolute Gasteiger partial charge is 0.193 e. The van der Waals surface area contributed by atoms with E-state index in [0.717, 1.165) is 30.8 Å². The van der Waals surface area contributed by atoms with Gasteiger partial charge in [-0.2, -0.15) is 0 Å². The first-order chi connectivity index (χ1) is 13.2. The number of anilines is 1. The van der Waals surface area contributed by atoms with Gasteiger partial charge in [-0.05, 0) is 41.8 Å². The molecule has 3 rings (SSSR count). The molecule has 5 nitrogen and oxygen atoms in total. The van der Waals surface area contributed by atoms with E-state index >= 15 is 0 Å². The molecule has 1 atom stereocenters. The van der Waals surface area contributed by atoms with Gasteiger partial charge in [-0.1, -0.05) is 31.2 Å². The molecule has 0 spiro atoms. The average Bonchev–Trinajstić information content (AvgIpc) is 2.70. The maximum atomic E-state index is 13.7. The van der Waals surface area contributed by atoms with Gasteiger partial charge in [0.25, 0.3) is 0 Å². The van der Waals surface area contributed by atoms with Gasteiger partial charge in [-0.25, -0.2) is 4.39 Å². The monoisotopic (exact) mass is 370 g/mol. The third-order valence-electron chi connectivity index (χ3n) is 4.79. The van der Waals surface area contributed by atoms with Crippen molar-refractivity contribution in [1.82, 2.24) is 4.90 Å². The number of aliphatic imine (C=N–C) groups is 1. The van der Waals surface area contributed by atoms with Gasteiger partial charge in [0.05, 0.1) is 25.8 Å². The van der Waals surface area contributed by atoms with Crippen molar-refractivity contribution in [2.24, 2.45) is 10.7 Å². The van der Waals surface area contributed by atoms with E-state index in [0.29, 0.717) is 25.7 Å². The SMILES string of the molecule is CCc1ccc(NC(N)=NCC(c2cccc(F)c2)N2CCOCC2)cc1. The molecule has 1 unspecified atom stereocenters. The third-order valence-corrected chi connectivity index (χ3v) is 4.79. The van der Waals surface area contributed by atoms with Crippen LogP contribution in [0.25, 0.3) is 0 Å². The summed E-state index contributed by atoms with van der Waals surface area (Å²) < 4.78 is 19.2. The highest BCUT2D eigenvalue weighted by Crippen LogP contribution is 2.23. The quantitative estimate of drug-likeness (QED) is 0.606. The molecule has 2 aromatic rings. The molecule has 0 radical (unpaired) electrons. The van der Waals surface area contributed by atoms with Crippen molar-refractivity contribution in [3.63, 3.8) is 0 Å². The standard InChI is InChI=1S/C21H27FN4O/c1-2-16-6-8-19(9-7-16)25-21(23)24-15-20(26-10-12-27-13-11-26)17-4-3-5-18(22)14-17/h3-9,14,20H,2,10-13,15H2,1H3,(H3,23,24,25). The predicted octanol–water partition coefficient (Wildman–Crippen LogP) is 3.19. The Labute approximate surface area is 160 Å². The van der Waals surface area contributed by atoms with Crippen molar-refractivity contribution < 1.29 is 9.13 Å². The van der Waals surface area contributed by atoms with Crippen molar-refractivity contribution >= 4 is 11.6 Å². The fourth-order valence-corrected chi connectivity index (χ4v) is 3.23. The molecule has 1 saturated heterocycles. The lowest BCUT2D eigenvalue weighted by Gasteiger charge is -2.34. The lowest BCUT2D eigenvalue weighted by atomic mass is 10.0. The molecule has 1 aliphatic heterocycles. The number of guanidine groups is 1. The molecule has 0 aliphatic carbocycles. The molecule has 6 heteroatoms. The highest BCUT2D eigenvalue weighted by molar-refractivity contribution is 5.92. The van der Waals surface area contributed by atoms with Crippen molar-refractivity contribution in [3.8, 4) is 0 Å². The Morgan fingerprint density at radius 2 is 1.96 bits per heavy atom. The molecule has 27 heavy (non-hydrogen) atoms. The first-order valence-corrected chi connectivity index (χ1v) is 9.39. The summed E-state index contributed by atoms with van der Waals surface area (Å²) in [5.74, 6) is 0.116. The normalized spacial score (nSPS) is 16.9. The molecular formula is C21H27FN4O. The Kier molecular flexibility index (Phi) is 6.79. The molecule has 0 aromatic heterocycles. The molecule has 1 aliphatic rings. The fourth-order valence-electron chi connectivity index (χ4n) is 3.23. The Hall–Kier alpha value is -2.44. The number of aryl methyl sites for hydroxylation is 1. The lowest BCUT2D eigenvalue weighted by Crippen LogP contribution is -2.40. The van der Waals surface area contributed by atoms with Crippen LogP contribution in [-0.4, -0.2) is 43.7 Å². The van der Waals surface area contributed by atoms with Crippen LogP contribution < -0.4 is 11.1 Å². The summed E-state index contributed by atoms with van der Waals surface area (Å²) in [6.07, 6.45) is 0.999. The minimum Gasteiger partial charge on any atom is -0.379 e. The molecule has 1 fully saturated rings. The van der Waals surface area contributed by atoms with Crippen LogP contribution in [0, 0.1) is 5.82 Å². The second kappa shape index (κ2) is 9.48. The lowest BCUT2D eigenvalue weighted by molar-refractivity contribution is 0.0179. The van der Waals surface area contributed by atoms with Crippen molar-refractivity contribution in [1.29, 1.82) is 0 Å². The van der Waals surface area contributed by atoms with E-state index in [9.17, 15) is 4.39 Å². The number of halogens is 1. The topological polar surface area (TPSA) is 62.9 Å². The van der Waals surface area contributed by atoms with Gasteiger partial charge in [-0.3, -0.25) is 9.89 Å². The van der Waals surface area contributed by atoms with E-state index in [1.165, 1.54) is 11.6 Å². The van der Waals surface area contributed by atoms with Gasteiger partial charge in [0.1, 0.15) is 5.82 Å². The minimum atomic E-state index is -0.239. The molecule has 3 N–H and O–H groups in total. The number of hydrogen-bond acceptors (Lipinski definition) is 3. The van der Waals surface area contributed by atoms with Crippen LogP contribution in [0.1, 0.15) is 24.1 Å². The van der Waals surface area contributed by atoms with Crippen LogP contribution in [0.4, 0.5) is 10.1 Å².